The molecule has 0 fully saturated rings. The highest BCUT2D eigenvalue weighted by Gasteiger charge is 2.22. The van der Waals surface area contributed by atoms with Crippen LogP contribution in [0.15, 0.2) is 22.6 Å². The summed E-state index contributed by atoms with van der Waals surface area (Å²) in [7, 11) is 0. The molecule has 1 unspecified atom stereocenters. The number of rotatable bonds is 2. The quantitative estimate of drug-likeness (QED) is 0.811. The highest BCUT2D eigenvalue weighted by molar-refractivity contribution is 5.89. The molecule has 4 nitrogen and oxygen atoms in total. The first kappa shape index (κ1) is 10.7. The molecule has 84 valence electrons. The molecule has 1 aromatic heterocycles. The summed E-state index contributed by atoms with van der Waals surface area (Å²) in [4.78, 5) is 10.9. The summed E-state index contributed by atoms with van der Waals surface area (Å²) in [6.07, 6.45) is 0. The first-order valence-corrected chi connectivity index (χ1v) is 4.98. The largest absolute Gasteiger partial charge is 0.480 e. The van der Waals surface area contributed by atoms with E-state index in [4.69, 9.17) is 15.3 Å². The van der Waals surface area contributed by atoms with Crippen LogP contribution in [0, 0.1) is 13.8 Å². The van der Waals surface area contributed by atoms with Crippen LogP contribution in [0.25, 0.3) is 11.0 Å². The lowest BCUT2D eigenvalue weighted by atomic mass is 10.0. The van der Waals surface area contributed by atoms with Gasteiger partial charge in [0.15, 0.2) is 0 Å². The van der Waals surface area contributed by atoms with Crippen molar-refractivity contribution in [2.75, 3.05) is 0 Å². The molecule has 0 saturated carbocycles. The summed E-state index contributed by atoms with van der Waals surface area (Å²) in [5.74, 6) is -0.484. The second-order valence-corrected chi connectivity index (χ2v) is 3.89. The Bertz CT molecular complexity index is 557. The van der Waals surface area contributed by atoms with Gasteiger partial charge in [0.25, 0.3) is 0 Å². The maximum atomic E-state index is 10.9. The van der Waals surface area contributed by atoms with Crippen molar-refractivity contribution in [1.29, 1.82) is 0 Å². The highest BCUT2D eigenvalue weighted by atomic mass is 16.4. The Morgan fingerprint density at radius 2 is 2.12 bits per heavy atom. The van der Waals surface area contributed by atoms with Gasteiger partial charge in [0, 0.05) is 10.9 Å². The smallest absolute Gasteiger partial charge is 0.325 e. The summed E-state index contributed by atoms with van der Waals surface area (Å²) < 4.78 is 5.51. The Morgan fingerprint density at radius 1 is 1.44 bits per heavy atom. The lowest BCUT2D eigenvalue weighted by Gasteiger charge is -2.05. The lowest BCUT2D eigenvalue weighted by molar-refractivity contribution is -0.138. The van der Waals surface area contributed by atoms with Crippen LogP contribution in [0.2, 0.25) is 0 Å². The van der Waals surface area contributed by atoms with Crippen molar-refractivity contribution in [3.63, 3.8) is 0 Å². The molecule has 0 spiro atoms. The number of fused-ring (bicyclic) bond motifs is 1. The molecule has 2 rings (SSSR count). The molecule has 0 aliphatic rings. The molecule has 0 aliphatic carbocycles. The monoisotopic (exact) mass is 219 g/mol. The maximum absolute atomic E-state index is 10.9. The van der Waals surface area contributed by atoms with Crippen molar-refractivity contribution in [3.05, 3.63) is 35.1 Å². The van der Waals surface area contributed by atoms with Crippen LogP contribution in [-0.2, 0) is 4.79 Å². The van der Waals surface area contributed by atoms with Gasteiger partial charge in [0.05, 0.1) is 0 Å². The normalized spacial score (nSPS) is 12.9. The van der Waals surface area contributed by atoms with E-state index in [-0.39, 0.29) is 0 Å². The number of carboxylic acid groups (broad SMARTS) is 1. The highest BCUT2D eigenvalue weighted by Crippen LogP contribution is 2.30. The second kappa shape index (κ2) is 3.64. The van der Waals surface area contributed by atoms with Crippen molar-refractivity contribution >= 4 is 16.9 Å². The van der Waals surface area contributed by atoms with Crippen molar-refractivity contribution in [3.8, 4) is 0 Å². The average Bonchev–Trinajstić information content (AvgIpc) is 2.51. The van der Waals surface area contributed by atoms with Crippen LogP contribution < -0.4 is 5.73 Å². The maximum Gasteiger partial charge on any atom is 0.325 e. The van der Waals surface area contributed by atoms with E-state index in [0.29, 0.717) is 16.9 Å². The van der Waals surface area contributed by atoms with Crippen molar-refractivity contribution in [1.82, 2.24) is 0 Å². The summed E-state index contributed by atoms with van der Waals surface area (Å²) in [5.41, 5.74) is 7.94. The molecule has 0 saturated heterocycles. The van der Waals surface area contributed by atoms with Gasteiger partial charge in [0.1, 0.15) is 17.4 Å². The molecule has 16 heavy (non-hydrogen) atoms. The Labute approximate surface area is 92.7 Å². The number of aryl methyl sites for hydroxylation is 2. The number of nitrogens with two attached hydrogens (primary N) is 1. The van der Waals surface area contributed by atoms with Crippen LogP contribution >= 0.6 is 0 Å². The summed E-state index contributed by atoms with van der Waals surface area (Å²) in [6, 6.07) is 4.60. The first-order chi connectivity index (χ1) is 7.50. The third-order valence-electron chi connectivity index (χ3n) is 2.65. The first-order valence-electron chi connectivity index (χ1n) is 4.98. The van der Waals surface area contributed by atoms with E-state index in [1.807, 2.05) is 25.1 Å². The van der Waals surface area contributed by atoms with Gasteiger partial charge in [-0.2, -0.15) is 0 Å². The Kier molecular flexibility index (Phi) is 2.44. The van der Waals surface area contributed by atoms with Gasteiger partial charge in [-0.1, -0.05) is 12.1 Å². The van der Waals surface area contributed by atoms with Crippen LogP contribution in [0.1, 0.15) is 22.9 Å². The Hall–Kier alpha value is -1.81. The molecule has 3 N–H and O–H groups in total. The minimum Gasteiger partial charge on any atom is -0.480 e. The molecule has 0 amide bonds. The topological polar surface area (TPSA) is 76.5 Å². The van der Waals surface area contributed by atoms with E-state index >= 15 is 0 Å². The Morgan fingerprint density at radius 3 is 2.75 bits per heavy atom. The molecule has 0 aliphatic heterocycles. The summed E-state index contributed by atoms with van der Waals surface area (Å²) >= 11 is 0. The standard InChI is InChI=1S/C12H13NO3/c1-6-3-4-8-9(5-6)16-7(2)10(8)11(13)12(14)15/h3-5,11H,13H2,1-2H3,(H,14,15). The lowest BCUT2D eigenvalue weighted by Crippen LogP contribution is -2.21. The zero-order chi connectivity index (χ0) is 11.9. The average molecular weight is 219 g/mol. The molecule has 0 radical (unpaired) electrons. The van der Waals surface area contributed by atoms with Crippen LogP contribution in [0.5, 0.6) is 0 Å². The molecule has 1 atom stereocenters. The van der Waals surface area contributed by atoms with E-state index in [2.05, 4.69) is 0 Å². The minimum absolute atomic E-state index is 0.558. The van der Waals surface area contributed by atoms with Gasteiger partial charge >= 0.3 is 5.97 Å². The van der Waals surface area contributed by atoms with Gasteiger partial charge in [-0.15, -0.1) is 0 Å². The van der Waals surface area contributed by atoms with E-state index in [9.17, 15) is 4.79 Å². The number of hydrogen-bond donors (Lipinski definition) is 2. The van der Waals surface area contributed by atoms with Gasteiger partial charge in [-0.3, -0.25) is 4.79 Å². The minimum atomic E-state index is -1.05. The van der Waals surface area contributed by atoms with E-state index < -0.39 is 12.0 Å². The van der Waals surface area contributed by atoms with Crippen LogP contribution in [0.4, 0.5) is 0 Å². The fourth-order valence-corrected chi connectivity index (χ4v) is 1.86. The molecule has 1 heterocycles. The number of carbonyl (C=O) groups is 1. The predicted octanol–water partition coefficient (Wildman–Crippen LogP) is 2.13. The molecule has 4 heteroatoms. The fourth-order valence-electron chi connectivity index (χ4n) is 1.86. The molecule has 2 aromatic rings. The third kappa shape index (κ3) is 1.57. The zero-order valence-electron chi connectivity index (χ0n) is 9.15. The van der Waals surface area contributed by atoms with Crippen molar-refractivity contribution in [2.24, 2.45) is 5.73 Å². The van der Waals surface area contributed by atoms with Gasteiger partial charge in [-0.05, 0) is 25.5 Å². The van der Waals surface area contributed by atoms with Crippen molar-refractivity contribution in [2.45, 2.75) is 19.9 Å². The van der Waals surface area contributed by atoms with Gasteiger partial charge < -0.3 is 15.3 Å². The Balaban J connectivity index is 2.69. The van der Waals surface area contributed by atoms with Crippen LogP contribution in [-0.4, -0.2) is 11.1 Å². The van der Waals surface area contributed by atoms with Crippen LogP contribution in [0.3, 0.4) is 0 Å². The SMILES string of the molecule is Cc1ccc2c(C(N)C(=O)O)c(C)oc2c1. The molecule has 0 bridgehead atoms. The van der Waals surface area contributed by atoms with E-state index in [0.717, 1.165) is 10.9 Å². The fraction of sp³-hybridized carbons (Fsp3) is 0.250. The predicted molar refractivity (Wildman–Crippen MR) is 60.3 cm³/mol. The molecular weight excluding hydrogens is 206 g/mol. The van der Waals surface area contributed by atoms with E-state index in [1.54, 1.807) is 6.92 Å². The summed E-state index contributed by atoms with van der Waals surface area (Å²) in [6.45, 7) is 3.68. The third-order valence-corrected chi connectivity index (χ3v) is 2.65. The van der Waals surface area contributed by atoms with Gasteiger partial charge in [-0.25, -0.2) is 0 Å². The molecular formula is C12H13NO3. The number of aliphatic carboxylic acids is 1. The van der Waals surface area contributed by atoms with Crippen molar-refractivity contribution < 1.29 is 14.3 Å². The number of hydrogen-bond acceptors (Lipinski definition) is 3. The number of carboxylic acids is 1. The number of benzene rings is 1. The van der Waals surface area contributed by atoms with Gasteiger partial charge in [0.2, 0.25) is 0 Å². The van der Waals surface area contributed by atoms with E-state index in [1.165, 1.54) is 0 Å². The molecule has 1 aromatic carbocycles. The second-order valence-electron chi connectivity index (χ2n) is 3.89. The summed E-state index contributed by atoms with van der Waals surface area (Å²) in [5, 5.41) is 9.70. The zero-order valence-corrected chi connectivity index (χ0v) is 9.15. The number of furan rings is 1.